The predicted octanol–water partition coefficient (Wildman–Crippen LogP) is 3.37. The molecule has 0 bridgehead atoms. The van der Waals surface area contributed by atoms with Crippen molar-refractivity contribution in [3.63, 3.8) is 0 Å². The Labute approximate surface area is 199 Å². The number of alkyl halides is 3. The Morgan fingerprint density at radius 2 is 1.66 bits per heavy atom. The van der Waals surface area contributed by atoms with Crippen molar-refractivity contribution in [2.45, 2.75) is 38.4 Å². The van der Waals surface area contributed by atoms with Gasteiger partial charge < -0.3 is 25.4 Å². The zero-order valence-electron chi connectivity index (χ0n) is 19.4. The van der Waals surface area contributed by atoms with E-state index in [-0.39, 0.29) is 5.56 Å². The van der Waals surface area contributed by atoms with E-state index in [1.54, 1.807) is 0 Å². The minimum absolute atomic E-state index is 0.208. The highest BCUT2D eigenvalue weighted by Gasteiger charge is 2.40. The summed E-state index contributed by atoms with van der Waals surface area (Å²) in [5, 5.41) is 19.7. The minimum atomic E-state index is -5.08. The van der Waals surface area contributed by atoms with Crippen molar-refractivity contribution in [3.8, 4) is 11.3 Å². The number of aromatic nitrogens is 1. The smallest absolute Gasteiger partial charge is 0.477 e. The molecule has 8 nitrogen and oxygen atoms in total. The molecular formula is C24H28F3N3O5. The maximum Gasteiger partial charge on any atom is 0.490 e. The molecule has 0 amide bonds. The quantitative estimate of drug-likeness (QED) is 0.502. The number of halogens is 3. The fourth-order valence-corrected chi connectivity index (χ4v) is 4.85. The summed E-state index contributed by atoms with van der Waals surface area (Å²) < 4.78 is 31.7. The second kappa shape index (κ2) is 10.5. The van der Waals surface area contributed by atoms with Gasteiger partial charge in [-0.2, -0.15) is 13.2 Å². The van der Waals surface area contributed by atoms with E-state index >= 15 is 0 Å². The average Bonchev–Trinajstić information content (AvgIpc) is 3.37. The second-order valence-electron chi connectivity index (χ2n) is 8.80. The van der Waals surface area contributed by atoms with Crippen LogP contribution in [0.2, 0.25) is 0 Å². The van der Waals surface area contributed by atoms with E-state index in [4.69, 9.17) is 9.90 Å². The number of pyridine rings is 1. The summed E-state index contributed by atoms with van der Waals surface area (Å²) in [6, 6.07) is 10.4. The van der Waals surface area contributed by atoms with Gasteiger partial charge in [-0.1, -0.05) is 19.1 Å². The third kappa shape index (κ3) is 6.02. The maximum absolute atomic E-state index is 12.1. The molecule has 4 N–H and O–H groups in total. The van der Waals surface area contributed by atoms with Gasteiger partial charge in [0.2, 0.25) is 0 Å². The van der Waals surface area contributed by atoms with E-state index in [1.807, 2.05) is 19.1 Å². The van der Waals surface area contributed by atoms with Crippen molar-refractivity contribution < 1.29 is 33.0 Å². The summed E-state index contributed by atoms with van der Waals surface area (Å²) in [6.45, 7) is 4.16. The molecule has 0 radical (unpaired) electrons. The molecule has 3 atom stereocenters. The highest BCUT2D eigenvalue weighted by atomic mass is 19.4. The van der Waals surface area contributed by atoms with E-state index in [1.165, 1.54) is 24.6 Å². The number of carboxylic acid groups (broad SMARTS) is 2. The Bertz CT molecular complexity index is 1120. The van der Waals surface area contributed by atoms with Gasteiger partial charge in [0.1, 0.15) is 5.56 Å². The van der Waals surface area contributed by atoms with Gasteiger partial charge in [0, 0.05) is 24.8 Å². The van der Waals surface area contributed by atoms with Crippen molar-refractivity contribution in [1.82, 2.24) is 10.3 Å². The van der Waals surface area contributed by atoms with Gasteiger partial charge in [0.25, 0.3) is 5.56 Å². The number of aromatic amines is 1. The largest absolute Gasteiger partial charge is 0.490 e. The first-order valence-corrected chi connectivity index (χ1v) is 11.3. The van der Waals surface area contributed by atoms with Crippen LogP contribution in [-0.2, 0) is 11.2 Å². The number of aryl methyl sites for hydroxylation is 1. The Morgan fingerprint density at radius 1 is 1.11 bits per heavy atom. The van der Waals surface area contributed by atoms with E-state index in [9.17, 15) is 27.9 Å². The van der Waals surface area contributed by atoms with Crippen LogP contribution in [0.3, 0.4) is 0 Å². The average molecular weight is 495 g/mol. The monoisotopic (exact) mass is 495 g/mol. The molecule has 2 heterocycles. The number of carbonyl (C=O) groups is 2. The van der Waals surface area contributed by atoms with Crippen molar-refractivity contribution in [2.24, 2.45) is 11.8 Å². The number of hydrogen-bond acceptors (Lipinski definition) is 5. The lowest BCUT2D eigenvalue weighted by molar-refractivity contribution is -0.192. The van der Waals surface area contributed by atoms with Crippen molar-refractivity contribution in [3.05, 3.63) is 51.8 Å². The number of nitrogens with one attached hydrogen (secondary N) is 2. The number of anilines is 1. The lowest BCUT2D eigenvalue weighted by atomic mass is 10.0. The number of hydrogen-bond donors (Lipinski definition) is 4. The molecule has 0 spiro atoms. The lowest BCUT2D eigenvalue weighted by Crippen LogP contribution is -2.27. The Balaban J connectivity index is 0.000000429. The molecule has 2 aromatic rings. The van der Waals surface area contributed by atoms with E-state index in [0.29, 0.717) is 18.2 Å². The standard InChI is InChI=1S/C22H27N3O3.C2HF3O2/c1-3-13-10-19(22(27)28)21(26)24-20(13)14-4-6-18(7-5-14)25-11-15-8-17(23-2)9-16(15)12-25;3-2(4,5)1(6)7/h4-7,10,15-17,23H,3,8-9,11-12H2,1-2H3,(H,24,26)(H,27,28);(H,6,7)/t15-,16+,17?;. The number of fused-ring (bicyclic) bond motifs is 1. The fraction of sp³-hybridized carbons (Fsp3) is 0.458. The number of benzene rings is 1. The summed E-state index contributed by atoms with van der Waals surface area (Å²) >= 11 is 0. The Hall–Kier alpha value is -3.34. The topological polar surface area (TPSA) is 123 Å². The van der Waals surface area contributed by atoms with Crippen LogP contribution in [0.15, 0.2) is 35.1 Å². The Morgan fingerprint density at radius 3 is 2.09 bits per heavy atom. The van der Waals surface area contributed by atoms with Crippen LogP contribution in [0.1, 0.15) is 35.7 Å². The molecule has 1 aliphatic heterocycles. The number of aliphatic carboxylic acids is 1. The second-order valence-corrected chi connectivity index (χ2v) is 8.80. The summed E-state index contributed by atoms with van der Waals surface area (Å²) in [5.41, 5.74) is 2.89. The summed E-state index contributed by atoms with van der Waals surface area (Å²) in [5.74, 6) is -2.42. The fourth-order valence-electron chi connectivity index (χ4n) is 4.85. The van der Waals surface area contributed by atoms with Crippen molar-refractivity contribution >= 4 is 17.6 Å². The van der Waals surface area contributed by atoms with Gasteiger partial charge in [0.15, 0.2) is 0 Å². The van der Waals surface area contributed by atoms with Gasteiger partial charge in [-0.05, 0) is 67.5 Å². The first-order valence-electron chi connectivity index (χ1n) is 11.3. The SMILES string of the molecule is CCc1cc(C(=O)O)c(=O)[nH]c1-c1ccc(N2C[C@H]3CC(NC)C[C@H]3C2)cc1.O=C(O)C(F)(F)F. The van der Waals surface area contributed by atoms with Gasteiger partial charge in [0.05, 0.1) is 5.69 Å². The molecule has 2 fully saturated rings. The van der Waals surface area contributed by atoms with E-state index in [0.717, 1.165) is 36.1 Å². The summed E-state index contributed by atoms with van der Waals surface area (Å²) in [4.78, 5) is 37.5. The Kier molecular flexibility index (Phi) is 7.89. The van der Waals surface area contributed by atoms with Crippen LogP contribution in [0.5, 0.6) is 0 Å². The van der Waals surface area contributed by atoms with Crippen molar-refractivity contribution in [2.75, 3.05) is 25.0 Å². The third-order valence-corrected chi connectivity index (χ3v) is 6.66. The van der Waals surface area contributed by atoms with Crippen LogP contribution in [-0.4, -0.2) is 59.5 Å². The van der Waals surface area contributed by atoms with Crippen molar-refractivity contribution in [1.29, 1.82) is 0 Å². The van der Waals surface area contributed by atoms with E-state index < -0.39 is 23.7 Å². The molecule has 1 aromatic heterocycles. The molecule has 2 aliphatic rings. The number of H-pyrrole nitrogens is 1. The molecule has 4 rings (SSSR count). The molecule has 11 heteroatoms. The number of nitrogens with zero attached hydrogens (tertiary/aromatic N) is 1. The first kappa shape index (κ1) is 26.3. The van der Waals surface area contributed by atoms with Gasteiger partial charge in [-0.25, -0.2) is 9.59 Å². The predicted molar refractivity (Wildman–Crippen MR) is 124 cm³/mol. The minimum Gasteiger partial charge on any atom is -0.477 e. The molecule has 35 heavy (non-hydrogen) atoms. The number of carboxylic acids is 2. The van der Waals surface area contributed by atoms with Crippen LogP contribution >= 0.6 is 0 Å². The zero-order chi connectivity index (χ0) is 25.9. The summed E-state index contributed by atoms with van der Waals surface area (Å²) in [6.07, 6.45) is -1.92. The molecular weight excluding hydrogens is 467 g/mol. The number of aromatic carboxylic acids is 1. The molecule has 1 saturated carbocycles. The van der Waals surface area contributed by atoms with E-state index in [2.05, 4.69) is 34.4 Å². The van der Waals surface area contributed by atoms with Gasteiger partial charge in [-0.3, -0.25) is 4.79 Å². The van der Waals surface area contributed by atoms with Crippen LogP contribution in [0.25, 0.3) is 11.3 Å². The third-order valence-electron chi connectivity index (χ3n) is 6.66. The molecule has 1 aromatic carbocycles. The first-order chi connectivity index (χ1) is 16.4. The number of rotatable bonds is 5. The highest BCUT2D eigenvalue weighted by Crippen LogP contribution is 2.40. The highest BCUT2D eigenvalue weighted by molar-refractivity contribution is 5.88. The van der Waals surface area contributed by atoms with Gasteiger partial charge in [-0.15, -0.1) is 0 Å². The normalized spacial score (nSPS) is 21.3. The zero-order valence-corrected chi connectivity index (χ0v) is 19.4. The van der Waals surface area contributed by atoms with Crippen LogP contribution in [0.4, 0.5) is 18.9 Å². The molecule has 1 saturated heterocycles. The van der Waals surface area contributed by atoms with Crippen LogP contribution in [0, 0.1) is 11.8 Å². The van der Waals surface area contributed by atoms with Crippen LogP contribution < -0.4 is 15.8 Å². The molecule has 1 unspecified atom stereocenters. The molecule has 1 aliphatic carbocycles. The summed E-state index contributed by atoms with van der Waals surface area (Å²) in [7, 11) is 2.06. The maximum atomic E-state index is 12.1. The van der Waals surface area contributed by atoms with Gasteiger partial charge >= 0.3 is 18.1 Å². The molecule has 190 valence electrons. The lowest BCUT2D eigenvalue weighted by Gasteiger charge is -2.21.